The molecule has 1 fully saturated rings. The molecule has 0 unspecified atom stereocenters. The first kappa shape index (κ1) is 21.3. The lowest BCUT2D eigenvalue weighted by Crippen LogP contribution is -2.44. The summed E-state index contributed by atoms with van der Waals surface area (Å²) in [5, 5.41) is 2.51. The fraction of sp³-hybridized carbons (Fsp3) is 0.261. The highest BCUT2D eigenvalue weighted by Crippen LogP contribution is 2.22. The first-order valence-corrected chi connectivity index (χ1v) is 9.71. The first-order chi connectivity index (χ1) is 14.5. The molecule has 2 aromatic carbocycles. The Balaban J connectivity index is 1.87. The summed E-state index contributed by atoms with van der Waals surface area (Å²) in [4.78, 5) is 39.3. The van der Waals surface area contributed by atoms with Crippen molar-refractivity contribution in [2.45, 2.75) is 13.0 Å². The van der Waals surface area contributed by atoms with Crippen molar-refractivity contribution >= 4 is 23.9 Å². The van der Waals surface area contributed by atoms with E-state index in [-0.39, 0.29) is 11.6 Å². The second kappa shape index (κ2) is 10.4. The van der Waals surface area contributed by atoms with Gasteiger partial charge in [-0.15, -0.1) is 0 Å². The summed E-state index contributed by atoms with van der Waals surface area (Å²) in [5.41, 5.74) is 1.24. The maximum atomic E-state index is 13.1. The average Bonchev–Trinajstić information content (AvgIpc) is 2.78. The van der Waals surface area contributed by atoms with E-state index >= 15 is 0 Å². The van der Waals surface area contributed by atoms with Crippen LogP contribution in [0.5, 0.6) is 0 Å². The van der Waals surface area contributed by atoms with E-state index in [1.807, 2.05) is 24.3 Å². The van der Waals surface area contributed by atoms with Gasteiger partial charge in [0.15, 0.2) is 0 Å². The van der Waals surface area contributed by atoms with Crippen molar-refractivity contribution in [2.75, 3.05) is 26.3 Å². The van der Waals surface area contributed by atoms with Crippen molar-refractivity contribution in [1.29, 1.82) is 0 Å². The molecule has 30 heavy (non-hydrogen) atoms. The molecule has 7 heteroatoms. The first-order valence-electron chi connectivity index (χ1n) is 9.71. The zero-order valence-corrected chi connectivity index (χ0v) is 16.7. The van der Waals surface area contributed by atoms with Gasteiger partial charge in [-0.05, 0) is 11.6 Å². The van der Waals surface area contributed by atoms with Crippen LogP contribution in [0.25, 0.3) is 6.08 Å². The number of carbonyl (C=O) groups is 3. The van der Waals surface area contributed by atoms with Crippen molar-refractivity contribution in [3.05, 3.63) is 77.5 Å². The predicted octanol–water partition coefficient (Wildman–Crippen LogP) is 2.31. The van der Waals surface area contributed by atoms with Gasteiger partial charge in [-0.1, -0.05) is 60.7 Å². The van der Waals surface area contributed by atoms with Crippen LogP contribution in [-0.4, -0.2) is 49.0 Å². The fourth-order valence-corrected chi connectivity index (χ4v) is 3.06. The number of carbonyl (C=O) groups excluding carboxylic acids is 3. The Labute approximate surface area is 175 Å². The summed E-state index contributed by atoms with van der Waals surface area (Å²) in [5.74, 6) is -1.52. The van der Waals surface area contributed by atoms with Crippen molar-refractivity contribution in [3.63, 3.8) is 0 Å². The number of morpholine rings is 1. The minimum absolute atomic E-state index is 0.0376. The van der Waals surface area contributed by atoms with Crippen LogP contribution in [0.15, 0.2) is 66.4 Å². The average molecular weight is 408 g/mol. The third-order valence-electron chi connectivity index (χ3n) is 4.52. The zero-order chi connectivity index (χ0) is 21.3. The molecule has 2 amide bonds. The van der Waals surface area contributed by atoms with Crippen LogP contribution in [0.1, 0.15) is 24.2 Å². The molecule has 1 atom stereocenters. The van der Waals surface area contributed by atoms with Gasteiger partial charge < -0.3 is 19.7 Å². The summed E-state index contributed by atoms with van der Waals surface area (Å²) >= 11 is 0. The van der Waals surface area contributed by atoms with Crippen molar-refractivity contribution in [2.24, 2.45) is 0 Å². The van der Waals surface area contributed by atoms with Gasteiger partial charge in [-0.2, -0.15) is 0 Å². The number of nitrogens with zero attached hydrogens (tertiary/aromatic N) is 1. The summed E-state index contributed by atoms with van der Waals surface area (Å²) in [6.45, 7) is 3.04. The number of ether oxygens (including phenoxy) is 2. The van der Waals surface area contributed by atoms with Crippen LogP contribution in [-0.2, 0) is 23.9 Å². The number of hydrogen-bond acceptors (Lipinski definition) is 5. The van der Waals surface area contributed by atoms with Crippen LogP contribution in [0, 0.1) is 0 Å². The second-order valence-electron chi connectivity index (χ2n) is 6.78. The molecule has 1 saturated heterocycles. The van der Waals surface area contributed by atoms with Crippen LogP contribution >= 0.6 is 0 Å². The highest BCUT2D eigenvalue weighted by atomic mass is 16.5. The van der Waals surface area contributed by atoms with Gasteiger partial charge in [-0.25, -0.2) is 4.79 Å². The van der Waals surface area contributed by atoms with E-state index in [4.69, 9.17) is 9.47 Å². The Morgan fingerprint density at radius 2 is 1.60 bits per heavy atom. The highest BCUT2D eigenvalue weighted by molar-refractivity contribution is 5.99. The molecule has 1 aliphatic rings. The SMILES string of the molecule is CC(=O)N/C(=C\c1ccccc1)C(=O)O[C@@H](C(=O)N1CCOCC1)c1ccccc1. The number of nitrogens with one attached hydrogen (secondary N) is 1. The van der Waals surface area contributed by atoms with E-state index in [0.29, 0.717) is 37.4 Å². The van der Waals surface area contributed by atoms with Gasteiger partial charge in [0, 0.05) is 25.6 Å². The summed E-state index contributed by atoms with van der Waals surface area (Å²) in [6, 6.07) is 17.9. The summed E-state index contributed by atoms with van der Waals surface area (Å²) in [6.07, 6.45) is 0.398. The minimum Gasteiger partial charge on any atom is -0.443 e. The van der Waals surface area contributed by atoms with E-state index in [2.05, 4.69) is 5.32 Å². The molecule has 1 N–H and O–H groups in total. The number of hydrogen-bond donors (Lipinski definition) is 1. The number of amides is 2. The highest BCUT2D eigenvalue weighted by Gasteiger charge is 2.31. The van der Waals surface area contributed by atoms with E-state index in [1.54, 1.807) is 41.3 Å². The monoisotopic (exact) mass is 408 g/mol. The lowest BCUT2D eigenvalue weighted by molar-refractivity contribution is -0.160. The van der Waals surface area contributed by atoms with Gasteiger partial charge in [0.25, 0.3) is 5.91 Å². The van der Waals surface area contributed by atoms with Crippen LogP contribution in [0.2, 0.25) is 0 Å². The molecule has 0 saturated carbocycles. The molecule has 1 aliphatic heterocycles. The fourth-order valence-electron chi connectivity index (χ4n) is 3.06. The second-order valence-corrected chi connectivity index (χ2v) is 6.78. The molecular formula is C23H24N2O5. The van der Waals surface area contributed by atoms with Gasteiger partial charge >= 0.3 is 5.97 Å². The number of benzene rings is 2. The standard InChI is InChI=1S/C23H24N2O5/c1-17(26)24-20(16-18-8-4-2-5-9-18)23(28)30-21(19-10-6-3-7-11-19)22(27)25-12-14-29-15-13-25/h2-11,16,21H,12-15H2,1H3,(H,24,26)/b20-16-/t21-/m1/s1. The van der Waals surface area contributed by atoms with Crippen molar-refractivity contribution in [3.8, 4) is 0 Å². The van der Waals surface area contributed by atoms with Crippen molar-refractivity contribution in [1.82, 2.24) is 10.2 Å². The molecule has 0 aliphatic carbocycles. The molecule has 0 aromatic heterocycles. The molecule has 7 nitrogen and oxygen atoms in total. The van der Waals surface area contributed by atoms with Gasteiger partial charge in [0.1, 0.15) is 5.70 Å². The zero-order valence-electron chi connectivity index (χ0n) is 16.7. The molecule has 3 rings (SSSR count). The van der Waals surface area contributed by atoms with E-state index in [1.165, 1.54) is 13.0 Å². The molecule has 0 radical (unpaired) electrons. The molecule has 0 bridgehead atoms. The van der Waals surface area contributed by atoms with E-state index in [0.717, 1.165) is 0 Å². The van der Waals surface area contributed by atoms with Gasteiger partial charge in [0.05, 0.1) is 13.2 Å². The normalized spacial score (nSPS) is 15.2. The lowest BCUT2D eigenvalue weighted by Gasteiger charge is -2.30. The summed E-state index contributed by atoms with van der Waals surface area (Å²) in [7, 11) is 0. The molecule has 2 aromatic rings. The molecule has 0 spiro atoms. The number of esters is 1. The molecular weight excluding hydrogens is 384 g/mol. The molecule has 156 valence electrons. The Kier molecular flexibility index (Phi) is 7.34. The summed E-state index contributed by atoms with van der Waals surface area (Å²) < 4.78 is 10.9. The Morgan fingerprint density at radius 1 is 1.00 bits per heavy atom. The number of rotatable bonds is 6. The maximum Gasteiger partial charge on any atom is 0.355 e. The molecule has 1 heterocycles. The van der Waals surface area contributed by atoms with Crippen LogP contribution < -0.4 is 5.32 Å². The maximum absolute atomic E-state index is 13.1. The lowest BCUT2D eigenvalue weighted by atomic mass is 10.1. The minimum atomic E-state index is -1.12. The van der Waals surface area contributed by atoms with E-state index < -0.39 is 18.0 Å². The van der Waals surface area contributed by atoms with Crippen LogP contribution in [0.4, 0.5) is 0 Å². The van der Waals surface area contributed by atoms with Crippen LogP contribution in [0.3, 0.4) is 0 Å². The largest absolute Gasteiger partial charge is 0.443 e. The van der Waals surface area contributed by atoms with Crippen molar-refractivity contribution < 1.29 is 23.9 Å². The third kappa shape index (κ3) is 5.78. The van der Waals surface area contributed by atoms with E-state index in [9.17, 15) is 14.4 Å². The Hall–Kier alpha value is -3.45. The predicted molar refractivity (Wildman–Crippen MR) is 111 cm³/mol. The van der Waals surface area contributed by atoms with Gasteiger partial charge in [0.2, 0.25) is 12.0 Å². The van der Waals surface area contributed by atoms with Gasteiger partial charge in [-0.3, -0.25) is 9.59 Å². The smallest absolute Gasteiger partial charge is 0.355 e. The Morgan fingerprint density at radius 3 is 2.20 bits per heavy atom. The topological polar surface area (TPSA) is 84.9 Å². The quantitative estimate of drug-likeness (QED) is 0.586. The Bertz CT molecular complexity index is 906. The third-order valence-corrected chi connectivity index (χ3v) is 4.52.